The van der Waals surface area contributed by atoms with Gasteiger partial charge >= 0.3 is 0 Å². The van der Waals surface area contributed by atoms with Crippen molar-refractivity contribution in [1.29, 1.82) is 0 Å². The van der Waals surface area contributed by atoms with Crippen LogP contribution in [-0.4, -0.2) is 59.7 Å². The molecule has 0 aliphatic carbocycles. The van der Waals surface area contributed by atoms with Crippen molar-refractivity contribution in [3.63, 3.8) is 0 Å². The van der Waals surface area contributed by atoms with Crippen LogP contribution in [0.15, 0.2) is 18.6 Å². The summed E-state index contributed by atoms with van der Waals surface area (Å²) in [6.45, 7) is 4.16. The van der Waals surface area contributed by atoms with Gasteiger partial charge in [0.25, 0.3) is 0 Å². The van der Waals surface area contributed by atoms with Gasteiger partial charge in [0.15, 0.2) is 0 Å². The zero-order valence-corrected chi connectivity index (χ0v) is 13.5. The molecule has 1 amide bonds. The van der Waals surface area contributed by atoms with Crippen molar-refractivity contribution in [1.82, 2.24) is 14.9 Å². The maximum Gasteiger partial charge on any atom is 0.230 e. The van der Waals surface area contributed by atoms with E-state index in [9.17, 15) is 4.79 Å². The van der Waals surface area contributed by atoms with Gasteiger partial charge in [-0.3, -0.25) is 9.78 Å². The number of hydrogen-bond acceptors (Lipinski definition) is 5. The first-order valence-electron chi connectivity index (χ1n) is 8.68. The van der Waals surface area contributed by atoms with Gasteiger partial charge in [0.05, 0.1) is 11.6 Å². The fraction of sp³-hybridized carbons (Fsp3) is 0.706. The Hall–Kier alpha value is -1.69. The molecule has 1 aromatic heterocycles. The number of likely N-dealkylation sites (tertiary alicyclic amines) is 1. The van der Waals surface area contributed by atoms with Crippen LogP contribution in [-0.2, 0) is 9.53 Å². The van der Waals surface area contributed by atoms with E-state index in [1.54, 1.807) is 18.6 Å². The fourth-order valence-electron chi connectivity index (χ4n) is 4.35. The summed E-state index contributed by atoms with van der Waals surface area (Å²) in [5.74, 6) is 1.25. The molecule has 3 aliphatic heterocycles. The van der Waals surface area contributed by atoms with Crippen LogP contribution in [0.5, 0.6) is 0 Å². The van der Waals surface area contributed by atoms with Crippen molar-refractivity contribution in [3.05, 3.63) is 18.6 Å². The third-order valence-electron chi connectivity index (χ3n) is 5.63. The molecule has 0 saturated carbocycles. The van der Waals surface area contributed by atoms with E-state index in [1.807, 2.05) is 0 Å². The number of anilines is 1. The van der Waals surface area contributed by atoms with Crippen LogP contribution < -0.4 is 4.90 Å². The highest BCUT2D eigenvalue weighted by atomic mass is 16.5. The summed E-state index contributed by atoms with van der Waals surface area (Å²) < 4.78 is 5.46. The lowest BCUT2D eigenvalue weighted by Crippen LogP contribution is -2.54. The smallest absolute Gasteiger partial charge is 0.230 e. The summed E-state index contributed by atoms with van der Waals surface area (Å²) in [5.41, 5.74) is -0.214. The first-order valence-corrected chi connectivity index (χ1v) is 8.68. The van der Waals surface area contributed by atoms with E-state index in [1.165, 1.54) is 0 Å². The summed E-state index contributed by atoms with van der Waals surface area (Å²) in [7, 11) is 0. The molecular weight excluding hydrogens is 292 g/mol. The number of carbonyl (C=O) groups is 1. The minimum absolute atomic E-state index is 0.214. The molecule has 1 aromatic rings. The first kappa shape index (κ1) is 14.9. The predicted octanol–water partition coefficient (Wildman–Crippen LogP) is 1.47. The van der Waals surface area contributed by atoms with Gasteiger partial charge in [-0.15, -0.1) is 0 Å². The minimum atomic E-state index is -0.214. The third-order valence-corrected chi connectivity index (χ3v) is 5.63. The molecule has 124 valence electrons. The predicted molar refractivity (Wildman–Crippen MR) is 86.1 cm³/mol. The Morgan fingerprint density at radius 3 is 2.83 bits per heavy atom. The van der Waals surface area contributed by atoms with Gasteiger partial charge in [-0.25, -0.2) is 4.98 Å². The lowest BCUT2D eigenvalue weighted by molar-refractivity contribution is -0.149. The van der Waals surface area contributed by atoms with Crippen LogP contribution in [0.4, 0.5) is 5.82 Å². The molecule has 6 heteroatoms. The van der Waals surface area contributed by atoms with Gasteiger partial charge in [0.1, 0.15) is 5.82 Å². The number of nitrogens with zero attached hydrogens (tertiary/aromatic N) is 4. The number of hydrogen-bond donors (Lipinski definition) is 0. The normalized spacial score (nSPS) is 29.5. The van der Waals surface area contributed by atoms with Crippen LogP contribution in [0.25, 0.3) is 0 Å². The van der Waals surface area contributed by atoms with Crippen molar-refractivity contribution in [2.24, 2.45) is 5.41 Å². The van der Waals surface area contributed by atoms with Crippen LogP contribution >= 0.6 is 0 Å². The summed E-state index contributed by atoms with van der Waals surface area (Å²) in [6, 6.07) is 0.374. The largest absolute Gasteiger partial charge is 0.381 e. The second-order valence-electron chi connectivity index (χ2n) is 6.96. The molecule has 3 fully saturated rings. The van der Waals surface area contributed by atoms with Gasteiger partial charge in [-0.1, -0.05) is 0 Å². The number of amides is 1. The van der Waals surface area contributed by atoms with Gasteiger partial charge in [-0.05, 0) is 32.1 Å². The van der Waals surface area contributed by atoms with Crippen LogP contribution in [0.2, 0.25) is 0 Å². The first-order chi connectivity index (χ1) is 11.3. The number of rotatable bonds is 2. The standard InChI is InChI=1S/C17H24N4O2/c22-16-17(4-1-8-21(16)14-2-10-23-11-3-14)5-9-20(13-17)15-12-18-6-7-19-15/h6-7,12,14H,1-5,8-11,13H2/t17-/m0/s1. The molecule has 6 nitrogen and oxygen atoms in total. The lowest BCUT2D eigenvalue weighted by Gasteiger charge is -2.44. The van der Waals surface area contributed by atoms with Crippen molar-refractivity contribution < 1.29 is 9.53 Å². The molecule has 4 rings (SSSR count). The number of aromatic nitrogens is 2. The van der Waals surface area contributed by atoms with E-state index < -0.39 is 0 Å². The molecule has 3 aliphatic rings. The maximum atomic E-state index is 13.2. The lowest BCUT2D eigenvalue weighted by atomic mass is 9.77. The summed E-state index contributed by atoms with van der Waals surface area (Å²) in [6.07, 6.45) is 10.2. The zero-order chi connectivity index (χ0) is 15.7. The van der Waals surface area contributed by atoms with E-state index in [-0.39, 0.29) is 5.41 Å². The van der Waals surface area contributed by atoms with Gasteiger partial charge in [-0.2, -0.15) is 0 Å². The third kappa shape index (κ3) is 2.69. The van der Waals surface area contributed by atoms with Gasteiger partial charge in [0.2, 0.25) is 5.91 Å². The summed E-state index contributed by atoms with van der Waals surface area (Å²) in [4.78, 5) is 26.2. The van der Waals surface area contributed by atoms with Crippen LogP contribution in [0, 0.1) is 5.41 Å². The highest BCUT2D eigenvalue weighted by molar-refractivity contribution is 5.85. The molecule has 0 radical (unpaired) electrons. The van der Waals surface area contributed by atoms with E-state index in [2.05, 4.69) is 19.8 Å². The zero-order valence-electron chi connectivity index (χ0n) is 13.5. The Kier molecular flexibility index (Phi) is 3.93. The highest BCUT2D eigenvalue weighted by Crippen LogP contribution is 2.42. The average Bonchev–Trinajstić information content (AvgIpc) is 3.04. The second-order valence-corrected chi connectivity index (χ2v) is 6.96. The molecule has 0 N–H and O–H groups in total. The molecule has 1 spiro atoms. The van der Waals surface area contributed by atoms with E-state index >= 15 is 0 Å². The van der Waals surface area contributed by atoms with Crippen LogP contribution in [0.1, 0.15) is 32.1 Å². The molecule has 4 heterocycles. The maximum absolute atomic E-state index is 13.2. The Morgan fingerprint density at radius 1 is 1.17 bits per heavy atom. The molecule has 1 atom stereocenters. The molecule has 3 saturated heterocycles. The molecule has 0 unspecified atom stereocenters. The van der Waals surface area contributed by atoms with Gasteiger partial charge < -0.3 is 14.5 Å². The number of piperidine rings is 1. The molecule has 0 bridgehead atoms. The molecule has 0 aromatic carbocycles. The van der Waals surface area contributed by atoms with E-state index in [0.717, 1.165) is 70.8 Å². The van der Waals surface area contributed by atoms with Gasteiger partial charge in [0, 0.05) is 51.3 Å². The Bertz CT molecular complexity index is 561. The fourth-order valence-corrected chi connectivity index (χ4v) is 4.35. The van der Waals surface area contributed by atoms with Crippen molar-refractivity contribution >= 4 is 11.7 Å². The SMILES string of the molecule is O=C1N(C2CCOCC2)CCC[C@@]12CCN(c1cnccn1)C2. The Morgan fingerprint density at radius 2 is 2.04 bits per heavy atom. The second kappa shape index (κ2) is 6.07. The molecular formula is C17H24N4O2. The van der Waals surface area contributed by atoms with Crippen molar-refractivity contribution in [2.45, 2.75) is 38.1 Å². The van der Waals surface area contributed by atoms with E-state index in [4.69, 9.17) is 4.74 Å². The summed E-state index contributed by atoms with van der Waals surface area (Å²) in [5, 5.41) is 0. The van der Waals surface area contributed by atoms with Crippen molar-refractivity contribution in [3.8, 4) is 0 Å². The summed E-state index contributed by atoms with van der Waals surface area (Å²) >= 11 is 0. The highest BCUT2D eigenvalue weighted by Gasteiger charge is 2.49. The monoisotopic (exact) mass is 316 g/mol. The Balaban J connectivity index is 1.50. The Labute approximate surface area is 136 Å². The minimum Gasteiger partial charge on any atom is -0.381 e. The average molecular weight is 316 g/mol. The number of carbonyl (C=O) groups excluding carboxylic acids is 1. The van der Waals surface area contributed by atoms with Crippen molar-refractivity contribution in [2.75, 3.05) is 37.7 Å². The van der Waals surface area contributed by atoms with E-state index in [0.29, 0.717) is 11.9 Å². The molecule has 23 heavy (non-hydrogen) atoms. The quantitative estimate of drug-likeness (QED) is 0.827. The topological polar surface area (TPSA) is 58.6 Å². The number of ether oxygens (including phenoxy) is 1. The van der Waals surface area contributed by atoms with Crippen LogP contribution in [0.3, 0.4) is 0 Å².